The number of H-pyrrole nitrogens is 1. The third kappa shape index (κ3) is 2.57. The number of ether oxygens (including phenoxy) is 1. The van der Waals surface area contributed by atoms with Crippen molar-refractivity contribution in [1.29, 1.82) is 5.26 Å². The minimum Gasteiger partial charge on any atom is -0.495 e. The van der Waals surface area contributed by atoms with Gasteiger partial charge in [0.2, 0.25) is 0 Å². The number of hydrogen-bond donors (Lipinski definition) is 1. The molecule has 0 bridgehead atoms. The Balaban J connectivity index is 1.98. The van der Waals surface area contributed by atoms with E-state index in [-0.39, 0.29) is 5.91 Å². The van der Waals surface area contributed by atoms with Crippen LogP contribution in [0.15, 0.2) is 36.7 Å². The number of fused-ring (bicyclic) bond motifs is 1. The topological polar surface area (TPSA) is 82.0 Å². The van der Waals surface area contributed by atoms with Crippen LogP contribution in [0, 0.1) is 18.3 Å². The van der Waals surface area contributed by atoms with Crippen LogP contribution in [0.25, 0.3) is 11.0 Å². The molecule has 0 aliphatic heterocycles. The first kappa shape index (κ1) is 15.6. The van der Waals surface area contributed by atoms with Crippen molar-refractivity contribution in [1.82, 2.24) is 9.97 Å². The molecule has 0 fully saturated rings. The van der Waals surface area contributed by atoms with Crippen LogP contribution in [0.1, 0.15) is 21.5 Å². The lowest BCUT2D eigenvalue weighted by molar-refractivity contribution is 0.0993. The maximum absolute atomic E-state index is 12.8. The fraction of sp³-hybridized carbons (Fsp3) is 0.167. The SMILES string of the molecule is COc1cc(N(C)C(=O)c2cc(C)c3nc[nH]c3c2)ccc1C#N. The number of anilines is 1. The Bertz CT molecular complexity index is 969. The highest BCUT2D eigenvalue weighted by atomic mass is 16.5. The second-order valence-electron chi connectivity index (χ2n) is 5.45. The van der Waals surface area contributed by atoms with Gasteiger partial charge in [0.25, 0.3) is 5.91 Å². The molecule has 0 aliphatic rings. The molecule has 0 saturated carbocycles. The number of carbonyl (C=O) groups is 1. The smallest absolute Gasteiger partial charge is 0.258 e. The second-order valence-corrected chi connectivity index (χ2v) is 5.45. The Morgan fingerprint density at radius 2 is 2.12 bits per heavy atom. The minimum atomic E-state index is -0.152. The van der Waals surface area contributed by atoms with E-state index in [9.17, 15) is 4.79 Å². The number of carbonyl (C=O) groups excluding carboxylic acids is 1. The van der Waals surface area contributed by atoms with Crippen LogP contribution in [-0.2, 0) is 0 Å². The summed E-state index contributed by atoms with van der Waals surface area (Å²) in [5, 5.41) is 9.06. The average molecular weight is 320 g/mol. The van der Waals surface area contributed by atoms with E-state index in [0.717, 1.165) is 16.6 Å². The van der Waals surface area contributed by atoms with Gasteiger partial charge in [0.15, 0.2) is 0 Å². The summed E-state index contributed by atoms with van der Waals surface area (Å²) in [6, 6.07) is 10.7. The van der Waals surface area contributed by atoms with Crippen molar-refractivity contribution in [2.45, 2.75) is 6.92 Å². The van der Waals surface area contributed by atoms with E-state index in [1.807, 2.05) is 13.0 Å². The molecule has 1 N–H and O–H groups in total. The van der Waals surface area contributed by atoms with Crippen LogP contribution in [0.5, 0.6) is 5.75 Å². The normalized spacial score (nSPS) is 10.4. The predicted molar refractivity (Wildman–Crippen MR) is 91.3 cm³/mol. The van der Waals surface area contributed by atoms with Crippen LogP contribution < -0.4 is 9.64 Å². The zero-order valence-electron chi connectivity index (χ0n) is 13.6. The zero-order valence-corrected chi connectivity index (χ0v) is 13.6. The number of rotatable bonds is 3. The number of aromatic nitrogens is 2. The summed E-state index contributed by atoms with van der Waals surface area (Å²) in [5.74, 6) is 0.288. The molecule has 0 radical (unpaired) electrons. The number of imidazole rings is 1. The highest BCUT2D eigenvalue weighted by Gasteiger charge is 2.17. The molecular weight excluding hydrogens is 304 g/mol. The number of aryl methyl sites for hydroxylation is 1. The number of amides is 1. The average Bonchev–Trinajstić information content (AvgIpc) is 3.09. The second kappa shape index (κ2) is 6.05. The van der Waals surface area contributed by atoms with Gasteiger partial charge in [0, 0.05) is 24.4 Å². The van der Waals surface area contributed by atoms with Crippen LogP contribution >= 0.6 is 0 Å². The van der Waals surface area contributed by atoms with E-state index >= 15 is 0 Å². The maximum Gasteiger partial charge on any atom is 0.258 e. The van der Waals surface area contributed by atoms with E-state index in [0.29, 0.717) is 22.6 Å². The first-order valence-corrected chi connectivity index (χ1v) is 7.35. The largest absolute Gasteiger partial charge is 0.495 e. The predicted octanol–water partition coefficient (Wildman–Crippen LogP) is 3.03. The molecule has 0 aliphatic carbocycles. The number of hydrogen-bond acceptors (Lipinski definition) is 4. The van der Waals surface area contributed by atoms with Crippen molar-refractivity contribution in [2.24, 2.45) is 0 Å². The van der Waals surface area contributed by atoms with Gasteiger partial charge in [-0.2, -0.15) is 5.26 Å². The Morgan fingerprint density at radius 3 is 2.83 bits per heavy atom. The van der Waals surface area contributed by atoms with Crippen molar-refractivity contribution >= 4 is 22.6 Å². The Kier molecular flexibility index (Phi) is 3.92. The summed E-state index contributed by atoms with van der Waals surface area (Å²) in [4.78, 5) is 21.6. The molecule has 3 rings (SSSR count). The molecule has 1 aromatic heterocycles. The number of nitrogens with one attached hydrogen (secondary N) is 1. The van der Waals surface area contributed by atoms with Gasteiger partial charge in [-0.25, -0.2) is 4.98 Å². The molecule has 0 saturated heterocycles. The summed E-state index contributed by atoms with van der Waals surface area (Å²) in [6.07, 6.45) is 1.61. The third-order valence-corrected chi connectivity index (χ3v) is 3.96. The fourth-order valence-electron chi connectivity index (χ4n) is 2.64. The summed E-state index contributed by atoms with van der Waals surface area (Å²) >= 11 is 0. The highest BCUT2D eigenvalue weighted by Crippen LogP contribution is 2.26. The quantitative estimate of drug-likeness (QED) is 0.804. The number of benzene rings is 2. The van der Waals surface area contributed by atoms with E-state index in [4.69, 9.17) is 10.00 Å². The van der Waals surface area contributed by atoms with Crippen LogP contribution in [0.3, 0.4) is 0 Å². The third-order valence-electron chi connectivity index (χ3n) is 3.96. The minimum absolute atomic E-state index is 0.152. The maximum atomic E-state index is 12.8. The Morgan fingerprint density at radius 1 is 1.33 bits per heavy atom. The molecule has 0 spiro atoms. The van der Waals surface area contributed by atoms with Crippen LogP contribution in [-0.4, -0.2) is 30.0 Å². The van der Waals surface area contributed by atoms with Gasteiger partial charge < -0.3 is 14.6 Å². The summed E-state index contributed by atoms with van der Waals surface area (Å²) in [5.41, 5.74) is 4.26. The molecule has 6 nitrogen and oxygen atoms in total. The highest BCUT2D eigenvalue weighted by molar-refractivity contribution is 6.07. The summed E-state index contributed by atoms with van der Waals surface area (Å²) < 4.78 is 5.21. The molecule has 120 valence electrons. The van der Waals surface area contributed by atoms with Crippen molar-refractivity contribution in [2.75, 3.05) is 19.1 Å². The van der Waals surface area contributed by atoms with Crippen LogP contribution in [0.4, 0.5) is 5.69 Å². The van der Waals surface area contributed by atoms with Crippen molar-refractivity contribution in [3.63, 3.8) is 0 Å². The summed E-state index contributed by atoms with van der Waals surface area (Å²) in [7, 11) is 3.19. The number of aromatic amines is 1. The Labute approximate surface area is 139 Å². The fourth-order valence-corrected chi connectivity index (χ4v) is 2.64. The molecule has 3 aromatic rings. The molecule has 24 heavy (non-hydrogen) atoms. The van der Waals surface area contributed by atoms with Gasteiger partial charge in [0.1, 0.15) is 11.8 Å². The van der Waals surface area contributed by atoms with E-state index < -0.39 is 0 Å². The number of methoxy groups -OCH3 is 1. The Hall–Kier alpha value is -3.33. The van der Waals surface area contributed by atoms with Gasteiger partial charge in [-0.15, -0.1) is 0 Å². The van der Waals surface area contributed by atoms with Gasteiger partial charge in [-0.3, -0.25) is 4.79 Å². The lowest BCUT2D eigenvalue weighted by Crippen LogP contribution is -2.26. The standard InChI is InChI=1S/C18H16N4O2/c1-11-6-13(7-15-17(11)21-10-20-15)18(23)22(2)14-5-4-12(9-19)16(8-14)24-3/h4-8,10H,1-3H3,(H,20,21). The van der Waals surface area contributed by atoms with Gasteiger partial charge in [-0.1, -0.05) is 0 Å². The van der Waals surface area contributed by atoms with Crippen molar-refractivity contribution < 1.29 is 9.53 Å². The first-order valence-electron chi connectivity index (χ1n) is 7.35. The molecule has 1 amide bonds. The number of nitriles is 1. The zero-order chi connectivity index (χ0) is 17.3. The van der Waals surface area contributed by atoms with E-state index in [1.54, 1.807) is 37.6 Å². The number of nitrogens with zero attached hydrogens (tertiary/aromatic N) is 3. The lowest BCUT2D eigenvalue weighted by atomic mass is 10.1. The monoisotopic (exact) mass is 320 g/mol. The van der Waals surface area contributed by atoms with E-state index in [1.165, 1.54) is 12.0 Å². The van der Waals surface area contributed by atoms with Crippen molar-refractivity contribution in [3.8, 4) is 11.8 Å². The molecule has 1 heterocycles. The lowest BCUT2D eigenvalue weighted by Gasteiger charge is -2.19. The summed E-state index contributed by atoms with van der Waals surface area (Å²) in [6.45, 7) is 1.92. The van der Waals surface area contributed by atoms with Gasteiger partial charge in [0.05, 0.1) is 30.0 Å². The van der Waals surface area contributed by atoms with Gasteiger partial charge in [-0.05, 0) is 36.8 Å². The first-order chi connectivity index (χ1) is 11.5. The molecule has 2 aromatic carbocycles. The van der Waals surface area contributed by atoms with Crippen LogP contribution in [0.2, 0.25) is 0 Å². The van der Waals surface area contributed by atoms with Crippen molar-refractivity contribution in [3.05, 3.63) is 53.3 Å². The molecule has 6 heteroatoms. The van der Waals surface area contributed by atoms with E-state index in [2.05, 4.69) is 16.0 Å². The molecule has 0 unspecified atom stereocenters. The van der Waals surface area contributed by atoms with Gasteiger partial charge >= 0.3 is 0 Å². The molecular formula is C18H16N4O2. The molecule has 0 atom stereocenters.